The van der Waals surface area contributed by atoms with Gasteiger partial charge in [0.2, 0.25) is 0 Å². The number of nitrogens with zero attached hydrogens (tertiary/aromatic N) is 2. The van der Waals surface area contributed by atoms with Crippen molar-refractivity contribution < 1.29 is 4.79 Å². The van der Waals surface area contributed by atoms with Gasteiger partial charge in [0.1, 0.15) is 0 Å². The Labute approximate surface area is 119 Å². The van der Waals surface area contributed by atoms with E-state index in [2.05, 4.69) is 4.98 Å². The fraction of sp³-hybridized carbons (Fsp3) is 0.250. The smallest absolute Gasteiger partial charge is 0.253 e. The third-order valence-electron chi connectivity index (χ3n) is 3.12. The van der Waals surface area contributed by atoms with Gasteiger partial charge >= 0.3 is 0 Å². The second-order valence-electron chi connectivity index (χ2n) is 4.76. The summed E-state index contributed by atoms with van der Waals surface area (Å²) in [6.45, 7) is 1.16. The number of benzene rings is 1. The number of carbonyl (C=O) groups excluding carboxylic acids is 1. The minimum atomic E-state index is 0.0145. The first kappa shape index (κ1) is 14.2. The highest BCUT2D eigenvalue weighted by molar-refractivity contribution is 5.94. The van der Waals surface area contributed by atoms with Gasteiger partial charge in [0.25, 0.3) is 5.91 Å². The lowest BCUT2D eigenvalue weighted by molar-refractivity contribution is 0.0785. The summed E-state index contributed by atoms with van der Waals surface area (Å²) in [6, 6.07) is 11.5. The highest BCUT2D eigenvalue weighted by Crippen LogP contribution is 2.10. The highest BCUT2D eigenvalue weighted by atomic mass is 16.2. The molecule has 1 aromatic heterocycles. The number of pyridine rings is 1. The first-order chi connectivity index (χ1) is 9.70. The van der Waals surface area contributed by atoms with Gasteiger partial charge in [-0.3, -0.25) is 9.78 Å². The molecule has 0 spiro atoms. The van der Waals surface area contributed by atoms with Crippen LogP contribution in [-0.2, 0) is 13.0 Å². The fourth-order valence-electron chi connectivity index (χ4n) is 2.08. The Bertz CT molecular complexity index is 569. The van der Waals surface area contributed by atoms with Crippen LogP contribution in [0.25, 0.3) is 0 Å². The standard InChI is InChI=1S/C16H19N3O/c1-19(12-14-6-9-18-10-7-14)16(20)15-4-2-3-13(11-15)5-8-17/h2-4,6-7,9-11H,5,8,12,17H2,1H3. The number of nitrogens with two attached hydrogens (primary N) is 1. The molecule has 0 unspecified atom stereocenters. The molecule has 1 amide bonds. The normalized spacial score (nSPS) is 10.3. The molecule has 0 saturated heterocycles. The number of carbonyl (C=O) groups is 1. The number of hydrogen-bond donors (Lipinski definition) is 1. The third-order valence-corrected chi connectivity index (χ3v) is 3.12. The van der Waals surface area contributed by atoms with Crippen LogP contribution in [0, 0.1) is 0 Å². The largest absolute Gasteiger partial charge is 0.337 e. The SMILES string of the molecule is CN(Cc1ccncc1)C(=O)c1cccc(CCN)c1. The summed E-state index contributed by atoms with van der Waals surface area (Å²) < 4.78 is 0. The van der Waals surface area contributed by atoms with Crippen molar-refractivity contribution in [3.05, 3.63) is 65.5 Å². The van der Waals surface area contributed by atoms with Crippen molar-refractivity contribution in [3.8, 4) is 0 Å². The molecule has 0 bridgehead atoms. The number of hydrogen-bond acceptors (Lipinski definition) is 3. The fourth-order valence-corrected chi connectivity index (χ4v) is 2.08. The number of rotatable bonds is 5. The van der Waals surface area contributed by atoms with Gasteiger partial charge in [-0.2, -0.15) is 0 Å². The van der Waals surface area contributed by atoms with E-state index in [4.69, 9.17) is 5.73 Å². The molecule has 0 aliphatic carbocycles. The molecular weight excluding hydrogens is 250 g/mol. The molecule has 4 nitrogen and oxygen atoms in total. The van der Waals surface area contributed by atoms with Crippen molar-refractivity contribution >= 4 is 5.91 Å². The minimum Gasteiger partial charge on any atom is -0.337 e. The summed E-state index contributed by atoms with van der Waals surface area (Å²) in [6.07, 6.45) is 4.25. The van der Waals surface area contributed by atoms with E-state index in [0.717, 1.165) is 17.5 Å². The molecule has 2 aromatic rings. The van der Waals surface area contributed by atoms with Crippen molar-refractivity contribution in [2.24, 2.45) is 5.73 Å². The van der Waals surface area contributed by atoms with Crippen LogP contribution in [0.2, 0.25) is 0 Å². The third kappa shape index (κ3) is 3.65. The summed E-state index contributed by atoms with van der Waals surface area (Å²) in [7, 11) is 1.80. The van der Waals surface area contributed by atoms with E-state index in [9.17, 15) is 4.79 Å². The lowest BCUT2D eigenvalue weighted by atomic mass is 10.1. The van der Waals surface area contributed by atoms with Crippen LogP contribution in [0.1, 0.15) is 21.5 Å². The molecule has 0 aliphatic rings. The van der Waals surface area contributed by atoms with E-state index < -0.39 is 0 Å². The Morgan fingerprint density at radius 2 is 1.95 bits per heavy atom. The van der Waals surface area contributed by atoms with Gasteiger partial charge in [-0.05, 0) is 48.4 Å². The Balaban J connectivity index is 2.08. The van der Waals surface area contributed by atoms with Gasteiger partial charge in [-0.25, -0.2) is 0 Å². The van der Waals surface area contributed by atoms with Crippen LogP contribution in [0.5, 0.6) is 0 Å². The molecule has 2 N–H and O–H groups in total. The first-order valence-corrected chi connectivity index (χ1v) is 6.64. The van der Waals surface area contributed by atoms with E-state index in [-0.39, 0.29) is 5.91 Å². The van der Waals surface area contributed by atoms with Crippen molar-refractivity contribution in [1.82, 2.24) is 9.88 Å². The zero-order chi connectivity index (χ0) is 14.4. The molecule has 20 heavy (non-hydrogen) atoms. The Morgan fingerprint density at radius 1 is 1.20 bits per heavy atom. The van der Waals surface area contributed by atoms with Gasteiger partial charge in [-0.15, -0.1) is 0 Å². The second kappa shape index (κ2) is 6.82. The quantitative estimate of drug-likeness (QED) is 0.901. The van der Waals surface area contributed by atoms with Gasteiger partial charge < -0.3 is 10.6 Å². The minimum absolute atomic E-state index is 0.0145. The highest BCUT2D eigenvalue weighted by Gasteiger charge is 2.12. The summed E-state index contributed by atoms with van der Waals surface area (Å²) in [4.78, 5) is 18.1. The molecule has 4 heteroatoms. The maximum Gasteiger partial charge on any atom is 0.253 e. The van der Waals surface area contributed by atoms with Gasteiger partial charge in [0.05, 0.1) is 0 Å². The van der Waals surface area contributed by atoms with Crippen LogP contribution in [-0.4, -0.2) is 29.4 Å². The lowest BCUT2D eigenvalue weighted by Crippen LogP contribution is -2.26. The van der Waals surface area contributed by atoms with Crippen LogP contribution >= 0.6 is 0 Å². The average molecular weight is 269 g/mol. The molecule has 0 radical (unpaired) electrons. The van der Waals surface area contributed by atoms with Crippen molar-refractivity contribution in [2.45, 2.75) is 13.0 Å². The van der Waals surface area contributed by atoms with Crippen LogP contribution in [0.15, 0.2) is 48.8 Å². The molecule has 0 atom stereocenters. The predicted molar refractivity (Wildman–Crippen MR) is 79.2 cm³/mol. The Morgan fingerprint density at radius 3 is 2.65 bits per heavy atom. The average Bonchev–Trinajstić information content (AvgIpc) is 2.48. The number of amides is 1. The second-order valence-corrected chi connectivity index (χ2v) is 4.76. The van der Waals surface area contributed by atoms with E-state index in [1.807, 2.05) is 36.4 Å². The van der Waals surface area contributed by atoms with E-state index in [1.165, 1.54) is 0 Å². The van der Waals surface area contributed by atoms with Gasteiger partial charge in [-0.1, -0.05) is 12.1 Å². The molecule has 104 valence electrons. The molecule has 1 heterocycles. The Kier molecular flexibility index (Phi) is 4.85. The maximum atomic E-state index is 12.4. The van der Waals surface area contributed by atoms with E-state index >= 15 is 0 Å². The van der Waals surface area contributed by atoms with Crippen LogP contribution in [0.3, 0.4) is 0 Å². The summed E-state index contributed by atoms with van der Waals surface area (Å²) in [5.41, 5.74) is 8.41. The van der Waals surface area contributed by atoms with Crippen LogP contribution < -0.4 is 5.73 Å². The van der Waals surface area contributed by atoms with E-state index in [1.54, 1.807) is 24.3 Å². The maximum absolute atomic E-state index is 12.4. The predicted octanol–water partition coefficient (Wildman–Crippen LogP) is 1.85. The zero-order valence-electron chi connectivity index (χ0n) is 11.6. The van der Waals surface area contributed by atoms with Gasteiger partial charge in [0, 0.05) is 31.5 Å². The van der Waals surface area contributed by atoms with Crippen molar-refractivity contribution in [1.29, 1.82) is 0 Å². The molecule has 2 rings (SSSR count). The zero-order valence-corrected chi connectivity index (χ0v) is 11.6. The van der Waals surface area contributed by atoms with Crippen LogP contribution in [0.4, 0.5) is 0 Å². The van der Waals surface area contributed by atoms with E-state index in [0.29, 0.717) is 18.7 Å². The Hall–Kier alpha value is -2.20. The molecular formula is C16H19N3O. The summed E-state index contributed by atoms with van der Waals surface area (Å²) >= 11 is 0. The molecule has 0 fully saturated rings. The lowest BCUT2D eigenvalue weighted by Gasteiger charge is -2.17. The van der Waals surface area contributed by atoms with Crippen molar-refractivity contribution in [2.75, 3.05) is 13.6 Å². The summed E-state index contributed by atoms with van der Waals surface area (Å²) in [5, 5.41) is 0. The van der Waals surface area contributed by atoms with Gasteiger partial charge in [0.15, 0.2) is 0 Å². The monoisotopic (exact) mass is 269 g/mol. The molecule has 0 aliphatic heterocycles. The first-order valence-electron chi connectivity index (χ1n) is 6.64. The summed E-state index contributed by atoms with van der Waals surface area (Å²) in [5.74, 6) is 0.0145. The number of aromatic nitrogens is 1. The molecule has 0 saturated carbocycles. The molecule has 1 aromatic carbocycles. The van der Waals surface area contributed by atoms with Crippen molar-refractivity contribution in [3.63, 3.8) is 0 Å². The topological polar surface area (TPSA) is 59.2 Å².